The molecule has 1 aliphatic heterocycles. The van der Waals surface area contributed by atoms with Gasteiger partial charge in [-0.3, -0.25) is 0 Å². The van der Waals surface area contributed by atoms with E-state index in [2.05, 4.69) is 5.32 Å². The van der Waals surface area contributed by atoms with Crippen LogP contribution in [0.15, 0.2) is 18.2 Å². The van der Waals surface area contributed by atoms with Gasteiger partial charge >= 0.3 is 6.03 Å². The Labute approximate surface area is 106 Å². The van der Waals surface area contributed by atoms with Crippen molar-refractivity contribution in [3.05, 3.63) is 28.8 Å². The molecule has 0 aromatic heterocycles. The summed E-state index contributed by atoms with van der Waals surface area (Å²) in [6, 6.07) is 5.56. The molecule has 0 radical (unpaired) electrons. The zero-order valence-corrected chi connectivity index (χ0v) is 10.6. The van der Waals surface area contributed by atoms with Crippen molar-refractivity contribution < 1.29 is 9.53 Å². The van der Waals surface area contributed by atoms with E-state index in [0.29, 0.717) is 23.9 Å². The predicted octanol–water partition coefficient (Wildman–Crippen LogP) is 2.43. The molecular weight excluding hydrogens is 240 g/mol. The fourth-order valence-corrected chi connectivity index (χ4v) is 2.10. The van der Waals surface area contributed by atoms with Crippen molar-refractivity contribution in [2.75, 3.05) is 20.2 Å². The number of amides is 2. The van der Waals surface area contributed by atoms with Gasteiger partial charge in [0.25, 0.3) is 0 Å². The first-order valence-electron chi connectivity index (χ1n) is 5.55. The zero-order valence-electron chi connectivity index (χ0n) is 9.87. The van der Waals surface area contributed by atoms with Crippen LogP contribution in [0.1, 0.15) is 18.5 Å². The van der Waals surface area contributed by atoms with Gasteiger partial charge < -0.3 is 15.0 Å². The highest BCUT2D eigenvalue weighted by atomic mass is 35.5. The Hall–Kier alpha value is -1.42. The second-order valence-corrected chi connectivity index (χ2v) is 4.41. The number of hydrogen-bond donors (Lipinski definition) is 1. The lowest BCUT2D eigenvalue weighted by Crippen LogP contribution is -2.23. The van der Waals surface area contributed by atoms with Crippen LogP contribution < -0.4 is 10.1 Å². The topological polar surface area (TPSA) is 41.6 Å². The molecule has 0 aliphatic carbocycles. The van der Waals surface area contributed by atoms with E-state index in [1.54, 1.807) is 11.9 Å². The van der Waals surface area contributed by atoms with Crippen molar-refractivity contribution in [2.45, 2.75) is 13.0 Å². The Morgan fingerprint density at radius 3 is 2.88 bits per heavy atom. The Morgan fingerprint density at radius 2 is 2.35 bits per heavy atom. The van der Waals surface area contributed by atoms with Gasteiger partial charge in [0.1, 0.15) is 5.75 Å². The number of ether oxygens (including phenoxy) is 1. The average Bonchev–Trinajstić information content (AvgIpc) is 2.62. The van der Waals surface area contributed by atoms with Gasteiger partial charge in [-0.05, 0) is 24.6 Å². The second-order valence-electron chi connectivity index (χ2n) is 4.01. The molecule has 2 amide bonds. The van der Waals surface area contributed by atoms with E-state index >= 15 is 0 Å². The highest BCUT2D eigenvalue weighted by Crippen LogP contribution is 2.29. The van der Waals surface area contributed by atoms with Gasteiger partial charge in [-0.1, -0.05) is 17.7 Å². The normalized spacial score (nSPS) is 19.4. The third-order valence-corrected chi connectivity index (χ3v) is 3.05. The lowest BCUT2D eigenvalue weighted by molar-refractivity contribution is 0.226. The molecule has 0 bridgehead atoms. The van der Waals surface area contributed by atoms with E-state index in [0.717, 1.165) is 5.56 Å². The van der Waals surface area contributed by atoms with E-state index in [1.807, 2.05) is 25.1 Å². The first kappa shape index (κ1) is 12.0. The molecule has 1 saturated heterocycles. The number of hydrogen-bond acceptors (Lipinski definition) is 2. The molecule has 2 rings (SSSR count). The maximum absolute atomic E-state index is 11.4. The van der Waals surface area contributed by atoms with E-state index in [-0.39, 0.29) is 12.1 Å². The summed E-state index contributed by atoms with van der Waals surface area (Å²) in [5, 5.41) is 3.46. The first-order chi connectivity index (χ1) is 8.11. The number of urea groups is 1. The summed E-state index contributed by atoms with van der Waals surface area (Å²) in [4.78, 5) is 13.0. The lowest BCUT2D eigenvalue weighted by atomic mass is 10.1. The maximum atomic E-state index is 11.4. The summed E-state index contributed by atoms with van der Waals surface area (Å²) in [6.07, 6.45) is 0. The van der Waals surface area contributed by atoms with Crippen molar-refractivity contribution in [3.63, 3.8) is 0 Å². The summed E-state index contributed by atoms with van der Waals surface area (Å²) < 4.78 is 5.37. The maximum Gasteiger partial charge on any atom is 0.317 e. The molecule has 5 heteroatoms. The molecular formula is C12H15ClN2O2. The van der Waals surface area contributed by atoms with Crippen LogP contribution in [-0.2, 0) is 0 Å². The molecule has 1 N–H and O–H groups in total. The van der Waals surface area contributed by atoms with Gasteiger partial charge in [0, 0.05) is 13.6 Å². The van der Waals surface area contributed by atoms with E-state index < -0.39 is 0 Å². The van der Waals surface area contributed by atoms with E-state index in [1.165, 1.54) is 0 Å². The molecule has 1 aliphatic rings. The van der Waals surface area contributed by atoms with Crippen LogP contribution in [0.2, 0.25) is 5.02 Å². The second kappa shape index (κ2) is 4.84. The van der Waals surface area contributed by atoms with Crippen LogP contribution in [0.4, 0.5) is 4.79 Å². The molecule has 1 fully saturated rings. The summed E-state index contributed by atoms with van der Waals surface area (Å²) in [5.74, 6) is 0.676. The largest absolute Gasteiger partial charge is 0.492 e. The Kier molecular flexibility index (Phi) is 3.43. The minimum Gasteiger partial charge on any atom is -0.492 e. The molecule has 1 atom stereocenters. The van der Waals surface area contributed by atoms with Gasteiger partial charge in [-0.25, -0.2) is 4.79 Å². The predicted molar refractivity (Wildman–Crippen MR) is 66.5 cm³/mol. The number of nitrogens with one attached hydrogen (secondary N) is 1. The number of carbonyl (C=O) groups is 1. The molecule has 1 unspecified atom stereocenters. The zero-order chi connectivity index (χ0) is 12.4. The summed E-state index contributed by atoms with van der Waals surface area (Å²) in [6.45, 7) is 3.15. The quantitative estimate of drug-likeness (QED) is 0.900. The number of nitrogens with zero attached hydrogens (tertiary/aromatic N) is 1. The molecule has 1 aromatic rings. The standard InChI is InChI=1S/C12H15ClN2O2/c1-3-17-11-5-4-8(6-9(11)13)10-7-15(2)12(16)14-10/h4-6,10H,3,7H2,1-2H3,(H,14,16). The van der Waals surface area contributed by atoms with Crippen molar-refractivity contribution in [1.29, 1.82) is 0 Å². The van der Waals surface area contributed by atoms with Crippen molar-refractivity contribution in [3.8, 4) is 5.75 Å². The smallest absolute Gasteiger partial charge is 0.317 e. The highest BCUT2D eigenvalue weighted by molar-refractivity contribution is 6.32. The third-order valence-electron chi connectivity index (χ3n) is 2.76. The fraction of sp³-hybridized carbons (Fsp3) is 0.417. The van der Waals surface area contributed by atoms with Gasteiger partial charge in [0.05, 0.1) is 17.7 Å². The summed E-state index contributed by atoms with van der Waals surface area (Å²) in [7, 11) is 1.77. The molecule has 1 aromatic carbocycles. The molecule has 4 nitrogen and oxygen atoms in total. The van der Waals surface area contributed by atoms with Crippen molar-refractivity contribution in [1.82, 2.24) is 10.2 Å². The first-order valence-corrected chi connectivity index (χ1v) is 5.93. The molecule has 0 saturated carbocycles. The third kappa shape index (κ3) is 2.47. The molecule has 1 heterocycles. The minimum atomic E-state index is -0.0555. The van der Waals surface area contributed by atoms with Crippen molar-refractivity contribution in [2.24, 2.45) is 0 Å². The van der Waals surface area contributed by atoms with Gasteiger partial charge in [-0.2, -0.15) is 0 Å². The number of likely N-dealkylation sites (N-methyl/N-ethyl adjacent to an activating group) is 1. The van der Waals surface area contributed by atoms with E-state index in [4.69, 9.17) is 16.3 Å². The molecule has 0 spiro atoms. The van der Waals surface area contributed by atoms with Gasteiger partial charge in [0.15, 0.2) is 0 Å². The van der Waals surface area contributed by atoms with Gasteiger partial charge in [0.2, 0.25) is 0 Å². The van der Waals surface area contributed by atoms with Crippen LogP contribution >= 0.6 is 11.6 Å². The van der Waals surface area contributed by atoms with Crippen LogP contribution in [0.25, 0.3) is 0 Å². The lowest BCUT2D eigenvalue weighted by Gasteiger charge is -2.12. The molecule has 92 valence electrons. The summed E-state index contributed by atoms with van der Waals surface area (Å²) in [5.41, 5.74) is 0.996. The fourth-order valence-electron chi connectivity index (χ4n) is 1.86. The van der Waals surface area contributed by atoms with E-state index in [9.17, 15) is 4.79 Å². The summed E-state index contributed by atoms with van der Waals surface area (Å²) >= 11 is 6.11. The molecule has 17 heavy (non-hydrogen) atoms. The Bertz CT molecular complexity index is 437. The number of carbonyl (C=O) groups excluding carboxylic acids is 1. The number of rotatable bonds is 3. The Balaban J connectivity index is 2.18. The van der Waals surface area contributed by atoms with Crippen LogP contribution in [0.5, 0.6) is 5.75 Å². The average molecular weight is 255 g/mol. The number of benzene rings is 1. The van der Waals surface area contributed by atoms with Crippen molar-refractivity contribution >= 4 is 17.6 Å². The van der Waals surface area contributed by atoms with Crippen LogP contribution in [0.3, 0.4) is 0 Å². The SMILES string of the molecule is CCOc1ccc(C2CN(C)C(=O)N2)cc1Cl. The van der Waals surface area contributed by atoms with Gasteiger partial charge in [-0.15, -0.1) is 0 Å². The van der Waals surface area contributed by atoms with Crippen LogP contribution in [0, 0.1) is 0 Å². The monoisotopic (exact) mass is 254 g/mol. The number of halogens is 1. The Morgan fingerprint density at radius 1 is 1.59 bits per heavy atom. The highest BCUT2D eigenvalue weighted by Gasteiger charge is 2.27. The van der Waals surface area contributed by atoms with Crippen LogP contribution in [-0.4, -0.2) is 31.1 Å². The minimum absolute atomic E-state index is 0.000626.